The fourth-order valence-corrected chi connectivity index (χ4v) is 2.45. The van der Waals surface area contributed by atoms with Gasteiger partial charge in [0.1, 0.15) is 5.69 Å². The summed E-state index contributed by atoms with van der Waals surface area (Å²) in [5.74, 6) is 0.427. The number of carbonyl (C=O) groups is 1. The summed E-state index contributed by atoms with van der Waals surface area (Å²) in [4.78, 5) is 23.0. The number of aryl methyl sites for hydroxylation is 2. The number of unbranched alkanes of at least 4 members (excludes halogenated alkanes) is 1. The van der Waals surface area contributed by atoms with E-state index in [9.17, 15) is 4.79 Å². The van der Waals surface area contributed by atoms with Crippen molar-refractivity contribution < 1.29 is 4.79 Å². The Kier molecular flexibility index (Phi) is 6.29. The fraction of sp³-hybridized carbons (Fsp3) is 0.421. The van der Waals surface area contributed by atoms with E-state index in [1.165, 1.54) is 5.56 Å². The van der Waals surface area contributed by atoms with Gasteiger partial charge in [-0.1, -0.05) is 43.2 Å². The van der Waals surface area contributed by atoms with Crippen LogP contribution < -0.4 is 5.32 Å². The van der Waals surface area contributed by atoms with Crippen LogP contribution >= 0.6 is 0 Å². The van der Waals surface area contributed by atoms with E-state index >= 15 is 0 Å². The van der Waals surface area contributed by atoms with E-state index in [1.54, 1.807) is 11.0 Å². The second-order valence-electron chi connectivity index (χ2n) is 6.14. The standard InChI is InChI=1S/C19H26N4O/c1-5-6-10-23(4)18(24)17-12-15(3)21-19(22-17)20-13-16-9-7-8-14(2)11-16/h7-9,11-12H,5-6,10,13H2,1-4H3,(H,20,21,22). The smallest absolute Gasteiger partial charge is 0.272 e. The Morgan fingerprint density at radius 3 is 2.71 bits per heavy atom. The molecule has 1 aromatic carbocycles. The molecule has 0 bridgehead atoms. The predicted octanol–water partition coefficient (Wildman–Crippen LogP) is 3.58. The second kappa shape index (κ2) is 8.43. The van der Waals surface area contributed by atoms with Gasteiger partial charge >= 0.3 is 0 Å². The summed E-state index contributed by atoms with van der Waals surface area (Å²) in [6.07, 6.45) is 2.05. The molecule has 1 aromatic heterocycles. The lowest BCUT2D eigenvalue weighted by Crippen LogP contribution is -2.28. The minimum atomic E-state index is -0.0624. The Hall–Kier alpha value is -2.43. The first-order chi connectivity index (χ1) is 11.5. The summed E-state index contributed by atoms with van der Waals surface area (Å²) in [5, 5.41) is 3.21. The van der Waals surface area contributed by atoms with Gasteiger partial charge in [-0.3, -0.25) is 4.79 Å². The van der Waals surface area contributed by atoms with Crippen molar-refractivity contribution in [1.29, 1.82) is 0 Å². The Morgan fingerprint density at radius 2 is 2.00 bits per heavy atom. The molecule has 0 radical (unpaired) electrons. The Labute approximate surface area is 144 Å². The number of amides is 1. The lowest BCUT2D eigenvalue weighted by Gasteiger charge is -2.17. The zero-order valence-electron chi connectivity index (χ0n) is 15.0. The van der Waals surface area contributed by atoms with Crippen LogP contribution in [0.5, 0.6) is 0 Å². The van der Waals surface area contributed by atoms with Gasteiger partial charge in [-0.25, -0.2) is 9.97 Å². The number of carbonyl (C=O) groups excluding carboxylic acids is 1. The molecule has 0 aliphatic carbocycles. The Balaban J connectivity index is 2.09. The van der Waals surface area contributed by atoms with E-state index in [2.05, 4.69) is 47.3 Å². The molecular formula is C19H26N4O. The summed E-state index contributed by atoms with van der Waals surface area (Å²) < 4.78 is 0. The van der Waals surface area contributed by atoms with Crippen LogP contribution in [0.4, 0.5) is 5.95 Å². The van der Waals surface area contributed by atoms with Crippen LogP contribution in [0.3, 0.4) is 0 Å². The van der Waals surface area contributed by atoms with Crippen LogP contribution in [0, 0.1) is 13.8 Å². The molecule has 0 aliphatic heterocycles. The van der Waals surface area contributed by atoms with Crippen LogP contribution in [-0.2, 0) is 6.54 Å². The van der Waals surface area contributed by atoms with Crippen LogP contribution in [0.25, 0.3) is 0 Å². The molecular weight excluding hydrogens is 300 g/mol. The minimum Gasteiger partial charge on any atom is -0.350 e. The van der Waals surface area contributed by atoms with Gasteiger partial charge in [0.15, 0.2) is 0 Å². The van der Waals surface area contributed by atoms with Gasteiger partial charge in [-0.2, -0.15) is 0 Å². The molecule has 2 rings (SSSR count). The molecule has 5 nitrogen and oxygen atoms in total. The number of nitrogens with one attached hydrogen (secondary N) is 1. The average Bonchev–Trinajstić information content (AvgIpc) is 2.56. The maximum Gasteiger partial charge on any atom is 0.272 e. The van der Waals surface area contributed by atoms with Gasteiger partial charge in [0, 0.05) is 25.8 Å². The number of nitrogens with zero attached hydrogens (tertiary/aromatic N) is 3. The van der Waals surface area contributed by atoms with E-state index in [0.29, 0.717) is 18.2 Å². The monoisotopic (exact) mass is 326 g/mol. The van der Waals surface area contributed by atoms with E-state index in [-0.39, 0.29) is 5.91 Å². The molecule has 1 heterocycles. The first-order valence-corrected chi connectivity index (χ1v) is 8.40. The van der Waals surface area contributed by atoms with Crippen LogP contribution in [0.2, 0.25) is 0 Å². The lowest BCUT2D eigenvalue weighted by molar-refractivity contribution is 0.0787. The van der Waals surface area contributed by atoms with Crippen molar-refractivity contribution in [2.75, 3.05) is 18.9 Å². The normalized spacial score (nSPS) is 10.5. The zero-order chi connectivity index (χ0) is 17.5. The number of benzene rings is 1. The lowest BCUT2D eigenvalue weighted by atomic mass is 10.1. The minimum absolute atomic E-state index is 0.0624. The molecule has 0 saturated heterocycles. The third kappa shape index (κ3) is 5.05. The third-order valence-corrected chi connectivity index (χ3v) is 3.80. The highest BCUT2D eigenvalue weighted by molar-refractivity contribution is 5.92. The second-order valence-corrected chi connectivity index (χ2v) is 6.14. The molecule has 0 fully saturated rings. The van der Waals surface area contributed by atoms with E-state index < -0.39 is 0 Å². The molecule has 5 heteroatoms. The average molecular weight is 326 g/mol. The topological polar surface area (TPSA) is 58.1 Å². The molecule has 128 valence electrons. The molecule has 1 N–H and O–H groups in total. The molecule has 0 unspecified atom stereocenters. The van der Waals surface area contributed by atoms with Crippen LogP contribution in [0.15, 0.2) is 30.3 Å². The maximum absolute atomic E-state index is 12.5. The van der Waals surface area contributed by atoms with Gasteiger partial charge in [0.25, 0.3) is 5.91 Å². The molecule has 0 saturated carbocycles. The van der Waals surface area contributed by atoms with Gasteiger partial charge < -0.3 is 10.2 Å². The largest absolute Gasteiger partial charge is 0.350 e. The van der Waals surface area contributed by atoms with Crippen molar-refractivity contribution in [3.63, 3.8) is 0 Å². The fourth-order valence-electron chi connectivity index (χ4n) is 2.45. The summed E-state index contributed by atoms with van der Waals surface area (Å²) in [5.41, 5.74) is 3.60. The first-order valence-electron chi connectivity index (χ1n) is 8.40. The van der Waals surface area contributed by atoms with Gasteiger partial charge in [0.05, 0.1) is 0 Å². The molecule has 0 spiro atoms. The SMILES string of the molecule is CCCCN(C)C(=O)c1cc(C)nc(NCc2cccc(C)c2)n1. The van der Waals surface area contributed by atoms with Crippen molar-refractivity contribution in [3.05, 3.63) is 52.8 Å². The number of rotatable bonds is 7. The number of anilines is 1. The van der Waals surface area contributed by atoms with Crippen molar-refractivity contribution in [3.8, 4) is 0 Å². The summed E-state index contributed by atoms with van der Waals surface area (Å²) in [6.45, 7) is 7.42. The summed E-state index contributed by atoms with van der Waals surface area (Å²) >= 11 is 0. The number of hydrogen-bond donors (Lipinski definition) is 1. The summed E-state index contributed by atoms with van der Waals surface area (Å²) in [7, 11) is 1.81. The highest BCUT2D eigenvalue weighted by atomic mass is 16.2. The highest BCUT2D eigenvalue weighted by Crippen LogP contribution is 2.10. The summed E-state index contributed by atoms with van der Waals surface area (Å²) in [6, 6.07) is 10.0. The quantitative estimate of drug-likeness (QED) is 0.845. The van der Waals surface area contributed by atoms with Crippen molar-refractivity contribution in [2.45, 2.75) is 40.2 Å². The van der Waals surface area contributed by atoms with Crippen molar-refractivity contribution >= 4 is 11.9 Å². The number of hydrogen-bond acceptors (Lipinski definition) is 4. The third-order valence-electron chi connectivity index (χ3n) is 3.80. The van der Waals surface area contributed by atoms with Gasteiger partial charge in [-0.15, -0.1) is 0 Å². The maximum atomic E-state index is 12.5. The predicted molar refractivity (Wildman–Crippen MR) is 97.1 cm³/mol. The van der Waals surface area contributed by atoms with Gasteiger partial charge in [0.2, 0.25) is 5.95 Å². The number of aromatic nitrogens is 2. The Bertz CT molecular complexity index is 700. The van der Waals surface area contributed by atoms with Gasteiger partial charge in [-0.05, 0) is 31.9 Å². The van der Waals surface area contributed by atoms with Crippen LogP contribution in [0.1, 0.15) is 47.1 Å². The molecule has 2 aromatic rings. The first kappa shape index (κ1) is 17.9. The van der Waals surface area contributed by atoms with E-state index in [4.69, 9.17) is 0 Å². The van der Waals surface area contributed by atoms with E-state index in [1.807, 2.05) is 20.0 Å². The molecule has 0 aliphatic rings. The zero-order valence-corrected chi connectivity index (χ0v) is 15.0. The van der Waals surface area contributed by atoms with Crippen molar-refractivity contribution in [2.24, 2.45) is 0 Å². The molecule has 1 amide bonds. The van der Waals surface area contributed by atoms with Crippen LogP contribution in [-0.4, -0.2) is 34.4 Å². The van der Waals surface area contributed by atoms with E-state index in [0.717, 1.165) is 30.6 Å². The van der Waals surface area contributed by atoms with Crippen molar-refractivity contribution in [1.82, 2.24) is 14.9 Å². The Morgan fingerprint density at radius 1 is 1.21 bits per heavy atom. The molecule has 0 atom stereocenters. The highest BCUT2D eigenvalue weighted by Gasteiger charge is 2.14. The molecule has 24 heavy (non-hydrogen) atoms.